The van der Waals surface area contributed by atoms with E-state index in [1.165, 1.54) is 31.4 Å². The Morgan fingerprint density at radius 1 is 0.635 bits per heavy atom. The van der Waals surface area contributed by atoms with Crippen LogP contribution in [0.5, 0.6) is 11.5 Å². The van der Waals surface area contributed by atoms with Crippen LogP contribution in [0.4, 0.5) is 22.8 Å². The average molecular weight is 905 g/mol. The molecule has 0 radical (unpaired) electrons. The fraction of sp³-hybridized carbons (Fsp3) is 0.702. The maximum Gasteiger partial charge on any atom is 0.534 e. The molecule has 6 fully saturated rings. The molecule has 4 aliphatic heterocycles. The number of halogens is 3. The van der Waals surface area contributed by atoms with Crippen molar-refractivity contribution in [1.82, 2.24) is 19.6 Å². The first-order valence-electron chi connectivity index (χ1n) is 22.7. The molecular weight excluding hydrogens is 838 g/mol. The summed E-state index contributed by atoms with van der Waals surface area (Å²) in [5, 5.41) is 10.1. The molecule has 1 N–H and O–H groups in total. The topological polar surface area (TPSA) is 129 Å². The van der Waals surface area contributed by atoms with Crippen LogP contribution in [-0.4, -0.2) is 126 Å². The Kier molecular flexibility index (Phi) is 13.4. The number of nitrogens with zero attached hydrogens (tertiary/aromatic N) is 4. The van der Waals surface area contributed by atoms with Gasteiger partial charge in [0.15, 0.2) is 0 Å². The number of piperidine rings is 2. The second-order valence-corrected chi connectivity index (χ2v) is 22.7. The van der Waals surface area contributed by atoms with Crippen molar-refractivity contribution >= 4 is 22.3 Å². The summed E-state index contributed by atoms with van der Waals surface area (Å²) in [6.45, 7) is 18.2. The molecule has 12 nitrogen and oxygen atoms in total. The maximum atomic E-state index is 12.8. The normalized spacial score (nSPS) is 24.7. The second-order valence-electron chi connectivity index (χ2n) is 21.2. The van der Waals surface area contributed by atoms with Crippen LogP contribution < -0.4 is 4.18 Å². The van der Waals surface area contributed by atoms with Crippen molar-refractivity contribution in [3.05, 3.63) is 59.7 Å². The lowest BCUT2D eigenvalue weighted by Crippen LogP contribution is -2.58. The predicted octanol–water partition coefficient (Wildman–Crippen LogP) is 9.25. The zero-order chi connectivity index (χ0) is 45.6. The minimum absolute atomic E-state index is 0.0763. The van der Waals surface area contributed by atoms with Crippen LogP contribution in [0.2, 0.25) is 0 Å². The molecule has 2 atom stereocenters. The smallest absolute Gasteiger partial charge is 0.508 e. The van der Waals surface area contributed by atoms with Crippen LogP contribution >= 0.6 is 0 Å². The molecule has 4 heterocycles. The van der Waals surface area contributed by atoms with Crippen molar-refractivity contribution < 1.29 is 49.9 Å². The molecule has 0 aromatic heterocycles. The number of amides is 2. The number of phenols is 1. The standard InChI is InChI=1S/C24H33F3N2O5S.C23H34N2O3/c1-22(2,3)33-21(30)29-15-23(16-29)11-8-18(14-23)28-12-9-17(10-13-28)19-6-4-5-7-20(19)34-35(31,32)24(25,26)27;1-22(2,3)28-21(27)25-15-23(16-25)11-8-18(14-23)24-12-9-17(10-13-24)19-6-4-5-7-20(19)26/h4-7,17-18H,8-16H2,1-3H3;4-7,17-18,26H,8-16H2,1-3H3/t2*18-/m11/s1. The minimum atomic E-state index is -5.71. The number of alkyl halides is 3. The van der Waals surface area contributed by atoms with Gasteiger partial charge >= 0.3 is 27.8 Å². The van der Waals surface area contributed by atoms with Gasteiger partial charge in [-0.05, 0) is 167 Å². The summed E-state index contributed by atoms with van der Waals surface area (Å²) in [6, 6.07) is 14.9. The van der Waals surface area contributed by atoms with E-state index in [0.29, 0.717) is 60.7 Å². The molecule has 8 rings (SSSR count). The average Bonchev–Trinajstić information content (AvgIpc) is 3.83. The monoisotopic (exact) mass is 904 g/mol. The number of rotatable bonds is 6. The zero-order valence-electron chi connectivity index (χ0n) is 37.8. The molecule has 2 saturated carbocycles. The van der Waals surface area contributed by atoms with E-state index >= 15 is 0 Å². The lowest BCUT2D eigenvalue weighted by molar-refractivity contribution is -0.0500. The van der Waals surface area contributed by atoms with E-state index in [0.717, 1.165) is 76.9 Å². The summed E-state index contributed by atoms with van der Waals surface area (Å²) in [4.78, 5) is 33.2. The van der Waals surface area contributed by atoms with Gasteiger partial charge in [-0.15, -0.1) is 0 Å². The van der Waals surface area contributed by atoms with Crippen LogP contribution in [0.1, 0.15) is 129 Å². The van der Waals surface area contributed by atoms with Crippen LogP contribution in [0.25, 0.3) is 0 Å². The fourth-order valence-electron chi connectivity index (χ4n) is 11.0. The molecule has 2 aromatic carbocycles. The number of aromatic hydroxyl groups is 1. The van der Waals surface area contributed by atoms with E-state index in [1.807, 2.05) is 58.6 Å². The number of likely N-dealkylation sites (tertiary alicyclic amines) is 4. The van der Waals surface area contributed by atoms with Crippen molar-refractivity contribution in [1.29, 1.82) is 0 Å². The first-order valence-corrected chi connectivity index (χ1v) is 24.2. The van der Waals surface area contributed by atoms with Crippen molar-refractivity contribution in [3.63, 3.8) is 0 Å². The van der Waals surface area contributed by atoms with Gasteiger partial charge in [-0.1, -0.05) is 36.4 Å². The number of para-hydroxylation sites is 2. The first kappa shape index (κ1) is 47.2. The van der Waals surface area contributed by atoms with E-state index in [1.54, 1.807) is 23.1 Å². The Morgan fingerprint density at radius 3 is 1.44 bits per heavy atom. The quantitative estimate of drug-likeness (QED) is 0.221. The summed E-state index contributed by atoms with van der Waals surface area (Å²) in [7, 11) is -5.71. The second kappa shape index (κ2) is 17.9. The molecule has 0 bridgehead atoms. The summed E-state index contributed by atoms with van der Waals surface area (Å²) in [5.74, 6) is 0.587. The van der Waals surface area contributed by atoms with E-state index in [9.17, 15) is 36.3 Å². The summed E-state index contributed by atoms with van der Waals surface area (Å²) in [5.41, 5.74) is -4.34. The van der Waals surface area contributed by atoms with Gasteiger partial charge in [0.1, 0.15) is 22.7 Å². The summed E-state index contributed by atoms with van der Waals surface area (Å²) >= 11 is 0. The van der Waals surface area contributed by atoms with Crippen LogP contribution in [-0.2, 0) is 19.6 Å². The van der Waals surface area contributed by atoms with Gasteiger partial charge in [0.05, 0.1) is 0 Å². The number of hydrogen-bond acceptors (Lipinski definition) is 10. The highest BCUT2D eigenvalue weighted by Gasteiger charge is 2.53. The Morgan fingerprint density at radius 2 is 1.03 bits per heavy atom. The Hall–Kier alpha value is -3.76. The molecule has 16 heteroatoms. The van der Waals surface area contributed by atoms with Gasteiger partial charge < -0.3 is 38.4 Å². The molecule has 2 aromatic rings. The van der Waals surface area contributed by atoms with E-state index in [2.05, 4.69) is 20.0 Å². The molecule has 4 saturated heterocycles. The molecule has 350 valence electrons. The Balaban J connectivity index is 0.000000193. The lowest BCUT2D eigenvalue weighted by Gasteiger charge is -2.48. The highest BCUT2D eigenvalue weighted by molar-refractivity contribution is 7.88. The number of carbonyl (C=O) groups excluding carboxylic acids is 2. The summed E-state index contributed by atoms with van der Waals surface area (Å²) < 4.78 is 76.9. The molecule has 2 amide bonds. The number of benzene rings is 2. The maximum absolute atomic E-state index is 12.8. The van der Waals surface area contributed by atoms with Gasteiger partial charge in [0.2, 0.25) is 0 Å². The van der Waals surface area contributed by atoms with Gasteiger partial charge in [-0.25, -0.2) is 9.59 Å². The third-order valence-electron chi connectivity index (χ3n) is 14.1. The highest BCUT2D eigenvalue weighted by Crippen LogP contribution is 2.50. The highest BCUT2D eigenvalue weighted by atomic mass is 32.2. The van der Waals surface area contributed by atoms with E-state index in [4.69, 9.17) is 9.47 Å². The van der Waals surface area contributed by atoms with Gasteiger partial charge in [-0.2, -0.15) is 21.6 Å². The van der Waals surface area contributed by atoms with Crippen molar-refractivity contribution in [3.8, 4) is 11.5 Å². The van der Waals surface area contributed by atoms with Gasteiger partial charge in [0, 0.05) is 49.1 Å². The number of hydrogen-bond donors (Lipinski definition) is 1. The molecular formula is C47H67F3N4O8S. The predicted molar refractivity (Wildman–Crippen MR) is 233 cm³/mol. The summed E-state index contributed by atoms with van der Waals surface area (Å²) in [6.07, 6.45) is 10.0. The number of carbonyl (C=O) groups is 2. The van der Waals surface area contributed by atoms with Crippen LogP contribution in [0.3, 0.4) is 0 Å². The number of phenolic OH excluding ortho intramolecular Hbond substituents is 1. The first-order chi connectivity index (χ1) is 29.4. The van der Waals surface area contributed by atoms with Crippen molar-refractivity contribution in [2.75, 3.05) is 52.4 Å². The van der Waals surface area contributed by atoms with E-state index in [-0.39, 0.29) is 29.3 Å². The number of ether oxygens (including phenoxy) is 2. The Labute approximate surface area is 371 Å². The molecule has 0 unspecified atom stereocenters. The van der Waals surface area contributed by atoms with E-state index < -0.39 is 26.8 Å². The Bertz CT molecular complexity index is 2040. The molecule has 2 aliphatic carbocycles. The molecule has 6 aliphatic rings. The lowest BCUT2D eigenvalue weighted by atomic mass is 9.78. The van der Waals surface area contributed by atoms with Gasteiger partial charge in [-0.3, -0.25) is 0 Å². The van der Waals surface area contributed by atoms with Crippen LogP contribution in [0.15, 0.2) is 48.5 Å². The third-order valence-corrected chi connectivity index (χ3v) is 15.0. The van der Waals surface area contributed by atoms with Gasteiger partial charge in [0.25, 0.3) is 0 Å². The fourth-order valence-corrected chi connectivity index (χ4v) is 11.5. The van der Waals surface area contributed by atoms with Crippen LogP contribution in [0, 0.1) is 10.8 Å². The SMILES string of the molecule is CC(C)(C)OC(=O)N1CC2(CC[C@@H](N3CCC(c4ccccc4O)CC3)C2)C1.CC(C)(C)OC(=O)N1CC2(CC[C@@H](N3CCC(c4ccccc4OS(=O)(=O)C(F)(F)F)CC3)C2)C1. The minimum Gasteiger partial charge on any atom is -0.508 e. The third kappa shape index (κ3) is 11.2. The molecule has 63 heavy (non-hydrogen) atoms. The largest absolute Gasteiger partial charge is 0.534 e. The van der Waals surface area contributed by atoms with Crippen molar-refractivity contribution in [2.24, 2.45) is 10.8 Å². The molecule has 2 spiro atoms. The van der Waals surface area contributed by atoms with Crippen molar-refractivity contribution in [2.45, 2.75) is 146 Å². The zero-order valence-corrected chi connectivity index (χ0v) is 38.6.